The zero-order valence-corrected chi connectivity index (χ0v) is 16.2. The van der Waals surface area contributed by atoms with E-state index in [-0.39, 0.29) is 5.92 Å². The third-order valence-electron chi connectivity index (χ3n) is 5.52. The van der Waals surface area contributed by atoms with E-state index in [0.717, 1.165) is 40.9 Å². The van der Waals surface area contributed by atoms with E-state index in [9.17, 15) is 4.79 Å². The van der Waals surface area contributed by atoms with Crippen LogP contribution in [0.5, 0.6) is 5.75 Å². The Morgan fingerprint density at radius 1 is 0.962 bits per heavy atom. The lowest BCUT2D eigenvalue weighted by molar-refractivity contribution is -0.122. The molecular formula is C24H28O2. The summed E-state index contributed by atoms with van der Waals surface area (Å²) in [6.45, 7) is 6.48. The van der Waals surface area contributed by atoms with E-state index >= 15 is 0 Å². The maximum Gasteiger partial charge on any atom is 0.162 e. The zero-order valence-electron chi connectivity index (χ0n) is 16.2. The molecule has 26 heavy (non-hydrogen) atoms. The summed E-state index contributed by atoms with van der Waals surface area (Å²) in [5.74, 6) is 2.14. The smallest absolute Gasteiger partial charge is 0.162 e. The molecule has 0 unspecified atom stereocenters. The number of ether oxygens (including phenoxy) is 1. The molecule has 0 amide bonds. The van der Waals surface area contributed by atoms with E-state index in [4.69, 9.17) is 4.74 Å². The van der Waals surface area contributed by atoms with Crippen molar-refractivity contribution in [3.8, 4) is 16.9 Å². The number of allylic oxidation sites excluding steroid dienone is 1. The highest BCUT2D eigenvalue weighted by Gasteiger charge is 2.32. The van der Waals surface area contributed by atoms with Gasteiger partial charge >= 0.3 is 0 Å². The van der Waals surface area contributed by atoms with E-state index in [1.54, 1.807) is 7.11 Å². The van der Waals surface area contributed by atoms with Gasteiger partial charge in [-0.05, 0) is 65.1 Å². The number of hydrogen-bond acceptors (Lipinski definition) is 2. The van der Waals surface area contributed by atoms with Crippen LogP contribution in [0.4, 0.5) is 0 Å². The molecule has 3 rings (SSSR count). The van der Waals surface area contributed by atoms with Crippen LogP contribution in [-0.4, -0.2) is 12.9 Å². The van der Waals surface area contributed by atoms with Crippen molar-refractivity contribution in [2.24, 2.45) is 17.8 Å². The summed E-state index contributed by atoms with van der Waals surface area (Å²) in [5, 5.41) is 0. The first kappa shape index (κ1) is 18.4. The molecule has 0 saturated heterocycles. The number of carbonyl (C=O) groups excluding carboxylic acids is 1. The van der Waals surface area contributed by atoms with Gasteiger partial charge in [-0.15, -0.1) is 0 Å². The zero-order chi connectivity index (χ0) is 18.7. The molecule has 0 aliphatic heterocycles. The van der Waals surface area contributed by atoms with E-state index in [2.05, 4.69) is 63.2 Å². The third kappa shape index (κ3) is 3.90. The highest BCUT2D eigenvalue weighted by Crippen LogP contribution is 2.35. The summed E-state index contributed by atoms with van der Waals surface area (Å²) in [7, 11) is 1.68. The van der Waals surface area contributed by atoms with Crippen molar-refractivity contribution in [1.82, 2.24) is 0 Å². The summed E-state index contributed by atoms with van der Waals surface area (Å²) >= 11 is 0. The lowest BCUT2D eigenvalue weighted by atomic mass is 9.73. The molecule has 0 N–H and O–H groups in total. The first-order valence-electron chi connectivity index (χ1n) is 9.50. The lowest BCUT2D eigenvalue weighted by Crippen LogP contribution is -2.30. The highest BCUT2D eigenvalue weighted by molar-refractivity contribution is 6.02. The molecule has 1 aliphatic carbocycles. The Hall–Kier alpha value is -2.35. The van der Waals surface area contributed by atoms with Gasteiger partial charge in [0, 0.05) is 5.92 Å². The van der Waals surface area contributed by atoms with E-state index < -0.39 is 0 Å². The minimum Gasteiger partial charge on any atom is -0.497 e. The topological polar surface area (TPSA) is 26.3 Å². The molecule has 1 saturated carbocycles. The molecule has 2 atom stereocenters. The Balaban J connectivity index is 1.83. The van der Waals surface area contributed by atoms with Gasteiger partial charge in [0.15, 0.2) is 5.78 Å². The Labute approximate surface area is 156 Å². The molecule has 0 aromatic heterocycles. The summed E-state index contributed by atoms with van der Waals surface area (Å²) in [6.07, 6.45) is 4.22. The quantitative estimate of drug-likeness (QED) is 0.632. The average Bonchev–Trinajstić information content (AvgIpc) is 2.65. The Morgan fingerprint density at radius 3 is 2.08 bits per heavy atom. The first-order chi connectivity index (χ1) is 12.5. The fourth-order valence-corrected chi connectivity index (χ4v) is 3.76. The van der Waals surface area contributed by atoms with Crippen molar-refractivity contribution in [2.75, 3.05) is 7.11 Å². The molecule has 1 fully saturated rings. The molecule has 136 valence electrons. The highest BCUT2D eigenvalue weighted by atomic mass is 16.5. The molecule has 2 nitrogen and oxygen atoms in total. The van der Waals surface area contributed by atoms with Crippen LogP contribution in [0.25, 0.3) is 17.2 Å². The summed E-state index contributed by atoms with van der Waals surface area (Å²) in [6, 6.07) is 16.5. The predicted octanol–water partition coefficient (Wildman–Crippen LogP) is 6.02. The van der Waals surface area contributed by atoms with Gasteiger partial charge in [0.25, 0.3) is 0 Å². The van der Waals surface area contributed by atoms with E-state index in [1.165, 1.54) is 0 Å². The molecule has 2 aromatic rings. The number of methoxy groups -OCH3 is 1. The number of Topliss-reactive ketones (excluding diaryl/α,β-unsaturated/α-hetero) is 1. The first-order valence-corrected chi connectivity index (χ1v) is 9.50. The molecule has 0 spiro atoms. The fraction of sp³-hybridized carbons (Fsp3) is 0.375. The number of rotatable bonds is 4. The van der Waals surface area contributed by atoms with Crippen molar-refractivity contribution in [3.63, 3.8) is 0 Å². The van der Waals surface area contributed by atoms with Crippen LogP contribution in [0, 0.1) is 17.8 Å². The third-order valence-corrected chi connectivity index (χ3v) is 5.52. The van der Waals surface area contributed by atoms with Crippen molar-refractivity contribution < 1.29 is 9.53 Å². The number of ketones is 1. The maximum atomic E-state index is 12.9. The van der Waals surface area contributed by atoms with Gasteiger partial charge in [0.2, 0.25) is 0 Å². The number of benzene rings is 2. The lowest BCUT2D eigenvalue weighted by Gasteiger charge is -2.30. The molecule has 0 bridgehead atoms. The van der Waals surface area contributed by atoms with Crippen molar-refractivity contribution >= 4 is 11.9 Å². The average molecular weight is 348 g/mol. The van der Waals surface area contributed by atoms with Crippen LogP contribution < -0.4 is 4.74 Å². The van der Waals surface area contributed by atoms with Crippen molar-refractivity contribution in [1.29, 1.82) is 0 Å². The Morgan fingerprint density at radius 2 is 1.54 bits per heavy atom. The molecule has 1 aliphatic rings. The van der Waals surface area contributed by atoms with Crippen LogP contribution in [0.3, 0.4) is 0 Å². The van der Waals surface area contributed by atoms with Gasteiger partial charge in [0.05, 0.1) is 7.11 Å². The van der Waals surface area contributed by atoms with Crippen LogP contribution in [0.15, 0.2) is 54.1 Å². The van der Waals surface area contributed by atoms with Gasteiger partial charge in [-0.1, -0.05) is 57.2 Å². The largest absolute Gasteiger partial charge is 0.497 e. The Kier molecular flexibility index (Phi) is 5.61. The van der Waals surface area contributed by atoms with Crippen LogP contribution in [0.1, 0.15) is 39.2 Å². The minimum absolute atomic E-state index is 0.177. The van der Waals surface area contributed by atoms with E-state index in [1.807, 2.05) is 12.1 Å². The van der Waals surface area contributed by atoms with Crippen LogP contribution in [0.2, 0.25) is 0 Å². The van der Waals surface area contributed by atoms with Gasteiger partial charge in [-0.2, -0.15) is 0 Å². The Bertz CT molecular complexity index is 782. The number of carbonyl (C=O) groups is 1. The molecular weight excluding hydrogens is 320 g/mol. The van der Waals surface area contributed by atoms with Gasteiger partial charge in [-0.3, -0.25) is 4.79 Å². The second-order valence-electron chi connectivity index (χ2n) is 7.64. The molecule has 2 aromatic carbocycles. The van der Waals surface area contributed by atoms with Crippen molar-refractivity contribution in [3.05, 3.63) is 59.7 Å². The maximum absolute atomic E-state index is 12.9. The predicted molar refractivity (Wildman–Crippen MR) is 108 cm³/mol. The normalized spacial score (nSPS) is 22.0. The van der Waals surface area contributed by atoms with E-state index in [0.29, 0.717) is 17.6 Å². The number of hydrogen-bond donors (Lipinski definition) is 0. The van der Waals surface area contributed by atoms with Crippen LogP contribution in [-0.2, 0) is 4.79 Å². The molecule has 2 heteroatoms. The second kappa shape index (κ2) is 7.90. The van der Waals surface area contributed by atoms with Gasteiger partial charge in [0.1, 0.15) is 5.75 Å². The summed E-state index contributed by atoms with van der Waals surface area (Å²) in [5.41, 5.74) is 4.42. The SMILES string of the molecule is COc1ccc(-c2ccc(C=C3C(=O)[C@H](C(C)C)CC[C@@H]3C)cc2)cc1. The molecule has 0 radical (unpaired) electrons. The monoisotopic (exact) mass is 348 g/mol. The van der Waals surface area contributed by atoms with Gasteiger partial charge in [-0.25, -0.2) is 0 Å². The van der Waals surface area contributed by atoms with Crippen molar-refractivity contribution in [2.45, 2.75) is 33.6 Å². The standard InChI is InChI=1S/C24H28O2/c1-16(2)22-14-5-17(3)23(24(22)25)15-18-6-8-19(9-7-18)20-10-12-21(26-4)13-11-20/h6-13,15-17,22H,5,14H2,1-4H3/t17-,22-/m0/s1. The summed E-state index contributed by atoms with van der Waals surface area (Å²) in [4.78, 5) is 12.9. The summed E-state index contributed by atoms with van der Waals surface area (Å²) < 4.78 is 5.21. The van der Waals surface area contributed by atoms with Crippen LogP contribution >= 0.6 is 0 Å². The van der Waals surface area contributed by atoms with Gasteiger partial charge < -0.3 is 4.74 Å². The second-order valence-corrected chi connectivity index (χ2v) is 7.64. The minimum atomic E-state index is 0.177. The molecule has 0 heterocycles. The fourth-order valence-electron chi connectivity index (χ4n) is 3.76.